The molecule has 3 unspecified atom stereocenters. The third-order valence-corrected chi connectivity index (χ3v) is 20.1. The van der Waals surface area contributed by atoms with E-state index in [0.717, 1.165) is 38.5 Å². The molecule has 19 heteroatoms. The number of nitrogens with one attached hydrogen (secondary N) is 4. The Bertz CT molecular complexity index is 2270. The third kappa shape index (κ3) is 16.3. The highest BCUT2D eigenvalue weighted by Gasteiger charge is 2.66. The first kappa shape index (κ1) is 60.7. The molecule has 6 rings (SSSR count). The van der Waals surface area contributed by atoms with E-state index >= 15 is 0 Å². The number of aromatic nitrogens is 2. The van der Waals surface area contributed by atoms with Gasteiger partial charge in [-0.15, -0.1) is 0 Å². The van der Waals surface area contributed by atoms with Crippen LogP contribution in [0, 0.1) is 53.3 Å². The lowest BCUT2D eigenvalue weighted by atomic mass is 9.44. The Balaban J connectivity index is 0.906. The van der Waals surface area contributed by atoms with Crippen LogP contribution in [0.1, 0.15) is 206 Å². The second-order valence-electron chi connectivity index (χ2n) is 23.5. The molecular weight excluding hydrogens is 976 g/mol. The van der Waals surface area contributed by atoms with Gasteiger partial charge in [0.2, 0.25) is 5.91 Å². The van der Waals surface area contributed by atoms with Gasteiger partial charge in [0.05, 0.1) is 25.4 Å². The molecule has 2 heterocycles. The molecule has 1 aliphatic heterocycles. The Morgan fingerprint density at radius 2 is 1.55 bits per heavy atom. The minimum absolute atomic E-state index is 0.0113. The first-order valence-electron chi connectivity index (χ1n) is 29.3. The summed E-state index contributed by atoms with van der Waals surface area (Å²) in [6.45, 7) is 11.7. The van der Waals surface area contributed by atoms with Crippen LogP contribution >= 0.6 is 7.75 Å². The van der Waals surface area contributed by atoms with E-state index in [1.54, 1.807) is 6.92 Å². The van der Waals surface area contributed by atoms with Crippen molar-refractivity contribution in [1.29, 1.82) is 0 Å². The molecule has 0 aromatic carbocycles. The summed E-state index contributed by atoms with van der Waals surface area (Å²) in [7, 11) is -3.90. The number of aryl methyl sites for hydroxylation is 1. The van der Waals surface area contributed by atoms with Gasteiger partial charge >= 0.3 is 13.4 Å². The summed E-state index contributed by atoms with van der Waals surface area (Å²) in [4.78, 5) is 83.4. The number of hydrogen-bond acceptors (Lipinski definition) is 12. The molecule has 4 aliphatic carbocycles. The zero-order chi connectivity index (χ0) is 54.0. The molecular formula is C56H93N8O10P. The molecule has 5 fully saturated rings. The highest BCUT2D eigenvalue weighted by molar-refractivity contribution is 7.51. The number of carbonyl (C=O) groups is 4. The maximum absolute atomic E-state index is 14.2. The van der Waals surface area contributed by atoms with Gasteiger partial charge in [-0.05, 0) is 79.6 Å². The second-order valence-corrected chi connectivity index (χ2v) is 25.3. The first-order chi connectivity index (χ1) is 36.0. The van der Waals surface area contributed by atoms with Gasteiger partial charge in [0.1, 0.15) is 23.6 Å². The summed E-state index contributed by atoms with van der Waals surface area (Å²) >= 11 is 0. The largest absolute Gasteiger partial charge is 0.405 e. The van der Waals surface area contributed by atoms with E-state index in [1.165, 1.54) is 87.8 Å². The van der Waals surface area contributed by atoms with Gasteiger partial charge in [-0.2, -0.15) is 0 Å². The summed E-state index contributed by atoms with van der Waals surface area (Å²) in [6, 6.07) is -0.743. The first-order valence-corrected chi connectivity index (χ1v) is 30.8. The number of unbranched alkanes of at least 4 members (excludes halogenated alkanes) is 15. The van der Waals surface area contributed by atoms with Gasteiger partial charge in [-0.25, -0.2) is 14.4 Å². The Hall–Kier alpha value is -3.50. The molecule has 0 spiro atoms. The van der Waals surface area contributed by atoms with Crippen LogP contribution in [0.25, 0.3) is 10.4 Å². The molecule has 4 saturated carbocycles. The number of nitrogens with zero attached hydrogens (tertiary/aromatic N) is 4. The van der Waals surface area contributed by atoms with E-state index in [0.29, 0.717) is 70.1 Å². The van der Waals surface area contributed by atoms with Crippen molar-refractivity contribution in [3.8, 4) is 0 Å². The van der Waals surface area contributed by atoms with Gasteiger partial charge < -0.3 is 15.4 Å². The lowest BCUT2D eigenvalue weighted by Gasteiger charge is -2.58. The highest BCUT2D eigenvalue weighted by Crippen LogP contribution is 2.66. The van der Waals surface area contributed by atoms with E-state index in [9.17, 15) is 38.9 Å². The number of fused-ring (bicyclic) bond motifs is 5. The fourth-order valence-electron chi connectivity index (χ4n) is 13.9. The van der Waals surface area contributed by atoms with Crippen LogP contribution in [-0.4, -0.2) is 84.3 Å². The van der Waals surface area contributed by atoms with Crippen molar-refractivity contribution in [2.45, 2.75) is 220 Å². The average molecular weight is 1070 g/mol. The zero-order valence-electron chi connectivity index (χ0n) is 46.2. The molecule has 18 nitrogen and oxygen atoms in total. The molecule has 0 radical (unpaired) electrons. The van der Waals surface area contributed by atoms with Crippen molar-refractivity contribution < 1.29 is 37.5 Å². The number of carbonyl (C=O) groups excluding carboxylic acids is 4. The average Bonchev–Trinajstić information content (AvgIpc) is 3.96. The molecule has 422 valence electrons. The number of amides is 1. The molecule has 5 aliphatic rings. The number of H-pyrrole nitrogens is 1. The number of rotatable bonds is 34. The van der Waals surface area contributed by atoms with Crippen molar-refractivity contribution >= 4 is 31.0 Å². The maximum Gasteiger partial charge on any atom is 0.405 e. The summed E-state index contributed by atoms with van der Waals surface area (Å²) in [5.74, 6) is 0.866. The number of hydrogen-bond donors (Lipinski definition) is 4. The van der Waals surface area contributed by atoms with E-state index in [4.69, 9.17) is 13.8 Å². The predicted molar refractivity (Wildman–Crippen MR) is 290 cm³/mol. The van der Waals surface area contributed by atoms with Crippen LogP contribution in [0.2, 0.25) is 0 Å². The van der Waals surface area contributed by atoms with Crippen LogP contribution in [0.3, 0.4) is 0 Å². The molecule has 1 aromatic heterocycles. The lowest BCUT2D eigenvalue weighted by Crippen LogP contribution is -2.60. The molecule has 1 saturated heterocycles. The van der Waals surface area contributed by atoms with Crippen LogP contribution < -0.4 is 27.0 Å². The van der Waals surface area contributed by atoms with E-state index in [-0.39, 0.29) is 90.4 Å². The minimum atomic E-state index is -3.90. The van der Waals surface area contributed by atoms with E-state index < -0.39 is 42.8 Å². The van der Waals surface area contributed by atoms with Gasteiger partial charge in [-0.1, -0.05) is 129 Å². The quantitative estimate of drug-likeness (QED) is 0.0165. The minimum Gasteiger partial charge on any atom is -0.355 e. The summed E-state index contributed by atoms with van der Waals surface area (Å²) < 4.78 is 33.5. The number of ketones is 3. The maximum atomic E-state index is 14.2. The lowest BCUT2D eigenvalue weighted by molar-refractivity contribution is -0.166. The van der Waals surface area contributed by atoms with E-state index in [1.807, 2.05) is 0 Å². The molecule has 0 bridgehead atoms. The van der Waals surface area contributed by atoms with E-state index in [2.05, 4.69) is 58.4 Å². The van der Waals surface area contributed by atoms with Gasteiger partial charge in [0.15, 0.2) is 0 Å². The number of ether oxygens (including phenoxy) is 1. The van der Waals surface area contributed by atoms with Crippen LogP contribution in [-0.2, 0) is 37.5 Å². The Morgan fingerprint density at radius 3 is 2.21 bits per heavy atom. The van der Waals surface area contributed by atoms with Crippen LogP contribution in [0.4, 0.5) is 0 Å². The normalized spacial score (nSPS) is 29.5. The number of Topliss-reactive ketones (excluding diaryl/α,β-unsaturated/α-hetero) is 3. The highest BCUT2D eigenvalue weighted by atomic mass is 31.2. The van der Waals surface area contributed by atoms with Crippen molar-refractivity contribution in [3.63, 3.8) is 0 Å². The fraction of sp³-hybridized carbons (Fsp3) is 0.857. The second kappa shape index (κ2) is 29.5. The molecule has 1 amide bonds. The third-order valence-electron chi connectivity index (χ3n) is 18.5. The van der Waals surface area contributed by atoms with Crippen molar-refractivity contribution in [3.05, 3.63) is 43.0 Å². The van der Waals surface area contributed by atoms with Crippen molar-refractivity contribution in [2.75, 3.05) is 39.4 Å². The number of azide groups is 1. The smallest absolute Gasteiger partial charge is 0.355 e. The van der Waals surface area contributed by atoms with Crippen LogP contribution in [0.5, 0.6) is 0 Å². The topological polar surface area (TPSA) is 253 Å². The zero-order valence-corrected chi connectivity index (χ0v) is 47.1. The molecule has 75 heavy (non-hydrogen) atoms. The molecule has 12 atom stereocenters. The summed E-state index contributed by atoms with van der Waals surface area (Å²) in [5, 5.41) is 13.1. The Kier molecular flexibility index (Phi) is 23.9. The van der Waals surface area contributed by atoms with Crippen molar-refractivity contribution in [1.82, 2.24) is 25.3 Å². The Morgan fingerprint density at radius 1 is 0.893 bits per heavy atom. The molecule has 1 aromatic rings. The summed E-state index contributed by atoms with van der Waals surface area (Å²) in [6.07, 6.45) is 24.8. The monoisotopic (exact) mass is 1070 g/mol. The van der Waals surface area contributed by atoms with Crippen LogP contribution in [0.15, 0.2) is 20.9 Å². The predicted octanol–water partition coefficient (Wildman–Crippen LogP) is 10.5. The van der Waals surface area contributed by atoms with Gasteiger partial charge in [0.25, 0.3) is 5.56 Å². The summed E-state index contributed by atoms with van der Waals surface area (Å²) in [5.41, 5.74) is 7.73. The number of aromatic amines is 1. The fourth-order valence-corrected chi connectivity index (χ4v) is 15.2. The molecule has 4 N–H and O–H groups in total. The standard InChI is InChI=1S/C56H93N8O10P/c1-6-7-8-9-10-11-12-13-14-15-16-17-18-19-20-21-32-72-75(71,73-38-48-46(62-63-57)36-51(74-48)64-37-40(3)53(69)61-54(64)70)60-31-29-58-28-30-59-50(68)25-22-39(2)43-23-24-44-52-45(35-49(67)56(43,44)5)55(4)27-26-42(65)33-41(55)34-47(52)66/h37,39,41,43-46,48,51-52,58H,6-36,38H2,1-5H3,(H,59,68)(H,60,71)(H,61,69,70)/t39?,41-,43+,44-,45-,46?,48+,51+,52-,55-,56+,75?/m0/s1. The SMILES string of the molecule is CCCCCCCCCCCCCCCCCCOP(=O)(NCCNCCNC(=O)CCC(C)[C@H]1CC[C@H]2[C@@H]3C(=O)C[C@@H]4CC(=O)CC[C@]4(C)[C@H]3CC(=O)[C@]12C)OC[C@H]1O[C@@H](n2cc(C)c(=O)[nH]c2=O)CC1N=[N+]=[N-]. The Labute approximate surface area is 446 Å². The van der Waals surface area contributed by atoms with Gasteiger partial charge in [0, 0.05) is 92.7 Å². The van der Waals surface area contributed by atoms with Crippen molar-refractivity contribution in [2.24, 2.45) is 51.5 Å². The van der Waals surface area contributed by atoms with Gasteiger partial charge in [-0.3, -0.25) is 42.6 Å².